The Balaban J connectivity index is 0.000000438. The van der Waals surface area contributed by atoms with Gasteiger partial charge >= 0.3 is 11.9 Å². The fourth-order valence-corrected chi connectivity index (χ4v) is 3.62. The molecular weight excluding hydrogens is 414 g/mol. The number of thiophene rings is 1. The molecule has 1 unspecified atom stereocenters. The number of hydrogen-bond acceptors (Lipinski definition) is 5. The van der Waals surface area contributed by atoms with Gasteiger partial charge in [-0.05, 0) is 37.7 Å². The molecule has 0 aliphatic carbocycles. The summed E-state index contributed by atoms with van der Waals surface area (Å²) in [5.74, 6) is -2.76. The van der Waals surface area contributed by atoms with Crippen LogP contribution in [0, 0.1) is 0 Å². The first-order chi connectivity index (χ1) is 13.8. The molecule has 0 spiro atoms. The molecule has 1 aromatic heterocycles. The molecule has 1 atom stereocenters. The van der Waals surface area contributed by atoms with Crippen molar-refractivity contribution in [2.45, 2.75) is 12.5 Å². The maximum Gasteiger partial charge on any atom is 0.414 e. The van der Waals surface area contributed by atoms with E-state index in [0.717, 1.165) is 34.5 Å². The Kier molecular flexibility index (Phi) is 8.45. The van der Waals surface area contributed by atoms with Crippen LogP contribution in [0.1, 0.15) is 17.4 Å². The third-order valence-electron chi connectivity index (χ3n) is 3.98. The second kappa shape index (κ2) is 10.8. The summed E-state index contributed by atoms with van der Waals surface area (Å²) < 4.78 is 6.40. The minimum Gasteiger partial charge on any atom is -0.484 e. The molecule has 0 saturated carbocycles. The molecule has 1 heterocycles. The summed E-state index contributed by atoms with van der Waals surface area (Å²) in [7, 11) is 4.17. The molecule has 154 valence electrons. The van der Waals surface area contributed by atoms with Crippen molar-refractivity contribution in [2.75, 3.05) is 20.6 Å². The molecule has 3 aromatic rings. The number of hydrogen-bond donors (Lipinski definition) is 2. The Labute approximate surface area is 177 Å². The van der Waals surface area contributed by atoms with Crippen LogP contribution in [0.4, 0.5) is 0 Å². The largest absolute Gasteiger partial charge is 0.484 e. The first-order valence-corrected chi connectivity index (χ1v) is 10.0. The second-order valence-electron chi connectivity index (χ2n) is 6.42. The van der Waals surface area contributed by atoms with Gasteiger partial charge in [0.05, 0.1) is 0 Å². The van der Waals surface area contributed by atoms with Crippen molar-refractivity contribution in [2.24, 2.45) is 0 Å². The predicted octanol–water partition coefficient (Wildman–Crippen LogP) is 4.78. The highest BCUT2D eigenvalue weighted by atomic mass is 35.5. The molecule has 29 heavy (non-hydrogen) atoms. The zero-order valence-corrected chi connectivity index (χ0v) is 17.6. The van der Waals surface area contributed by atoms with Gasteiger partial charge in [0.15, 0.2) is 0 Å². The molecular formula is C21H22ClNO5S. The number of carbonyl (C=O) groups is 2. The Morgan fingerprint density at radius 1 is 1.03 bits per heavy atom. The number of carboxylic acids is 2. The smallest absolute Gasteiger partial charge is 0.414 e. The summed E-state index contributed by atoms with van der Waals surface area (Å²) in [4.78, 5) is 21.6. The van der Waals surface area contributed by atoms with E-state index >= 15 is 0 Å². The van der Waals surface area contributed by atoms with Crippen LogP contribution in [-0.4, -0.2) is 47.7 Å². The van der Waals surface area contributed by atoms with Crippen molar-refractivity contribution in [3.05, 3.63) is 63.8 Å². The molecule has 0 fully saturated rings. The van der Waals surface area contributed by atoms with Crippen LogP contribution in [0.15, 0.2) is 53.9 Å². The van der Waals surface area contributed by atoms with Gasteiger partial charge in [0.1, 0.15) is 11.9 Å². The number of carboxylic acid groups (broad SMARTS) is 2. The van der Waals surface area contributed by atoms with E-state index in [0.29, 0.717) is 0 Å². The van der Waals surface area contributed by atoms with Crippen molar-refractivity contribution in [3.63, 3.8) is 0 Å². The highest BCUT2D eigenvalue weighted by Gasteiger charge is 2.17. The lowest BCUT2D eigenvalue weighted by Gasteiger charge is -2.21. The number of aliphatic carboxylic acids is 2. The highest BCUT2D eigenvalue weighted by molar-refractivity contribution is 7.10. The molecule has 2 N–H and O–H groups in total. The van der Waals surface area contributed by atoms with Crippen LogP contribution in [0.3, 0.4) is 0 Å². The van der Waals surface area contributed by atoms with Crippen molar-refractivity contribution >= 4 is 45.6 Å². The Bertz CT molecular complexity index is 947. The first kappa shape index (κ1) is 22.7. The molecule has 0 amide bonds. The zero-order chi connectivity index (χ0) is 21.4. The molecule has 0 saturated heterocycles. The lowest BCUT2D eigenvalue weighted by Crippen LogP contribution is -2.18. The third-order valence-corrected chi connectivity index (χ3v) is 5.28. The van der Waals surface area contributed by atoms with E-state index < -0.39 is 11.9 Å². The normalized spacial score (nSPS) is 11.6. The standard InChI is InChI=1S/C19H20ClNOS.C2H2O4/c1-21(2)12-11-18(19-8-5-13-23-19)22-17-10-9-16(20)14-6-3-4-7-15(14)17;3-1(4)2(5)6/h3-10,13,18H,11-12H2,1-2H3;(H,3,4)(H,5,6). The van der Waals surface area contributed by atoms with E-state index in [4.69, 9.17) is 36.1 Å². The third kappa shape index (κ3) is 6.74. The maximum atomic E-state index is 9.10. The molecule has 6 nitrogen and oxygen atoms in total. The van der Waals surface area contributed by atoms with Gasteiger partial charge in [0.2, 0.25) is 0 Å². The summed E-state index contributed by atoms with van der Waals surface area (Å²) in [5.41, 5.74) is 0. The first-order valence-electron chi connectivity index (χ1n) is 8.78. The minimum atomic E-state index is -1.82. The monoisotopic (exact) mass is 435 g/mol. The van der Waals surface area contributed by atoms with Gasteiger partial charge in [-0.3, -0.25) is 0 Å². The fourth-order valence-electron chi connectivity index (χ4n) is 2.60. The minimum absolute atomic E-state index is 0.0574. The van der Waals surface area contributed by atoms with Gasteiger partial charge < -0.3 is 19.8 Å². The van der Waals surface area contributed by atoms with E-state index in [2.05, 4.69) is 42.6 Å². The van der Waals surface area contributed by atoms with Gasteiger partial charge in [0.25, 0.3) is 0 Å². The quantitative estimate of drug-likeness (QED) is 0.542. The van der Waals surface area contributed by atoms with Crippen molar-refractivity contribution < 1.29 is 24.5 Å². The predicted molar refractivity (Wildman–Crippen MR) is 115 cm³/mol. The van der Waals surface area contributed by atoms with Gasteiger partial charge in [-0.25, -0.2) is 9.59 Å². The average molecular weight is 436 g/mol. The Morgan fingerprint density at radius 3 is 2.24 bits per heavy atom. The Morgan fingerprint density at radius 2 is 1.69 bits per heavy atom. The fraction of sp³-hybridized carbons (Fsp3) is 0.238. The van der Waals surface area contributed by atoms with Crippen LogP contribution in [0.5, 0.6) is 5.75 Å². The number of nitrogens with zero attached hydrogens (tertiary/aromatic N) is 1. The molecule has 3 rings (SSSR count). The zero-order valence-electron chi connectivity index (χ0n) is 16.0. The van der Waals surface area contributed by atoms with Crippen molar-refractivity contribution in [3.8, 4) is 5.75 Å². The van der Waals surface area contributed by atoms with Crippen LogP contribution < -0.4 is 4.74 Å². The van der Waals surface area contributed by atoms with E-state index in [1.54, 1.807) is 11.3 Å². The number of benzene rings is 2. The summed E-state index contributed by atoms with van der Waals surface area (Å²) >= 11 is 8.05. The summed E-state index contributed by atoms with van der Waals surface area (Å²) in [6, 6.07) is 16.2. The molecule has 0 aliphatic heterocycles. The van der Waals surface area contributed by atoms with Gasteiger partial charge in [-0.1, -0.05) is 41.9 Å². The second-order valence-corrected chi connectivity index (χ2v) is 7.80. The average Bonchev–Trinajstić information content (AvgIpc) is 3.22. The maximum absolute atomic E-state index is 9.10. The molecule has 0 bridgehead atoms. The Hall–Kier alpha value is -2.61. The van der Waals surface area contributed by atoms with Crippen LogP contribution in [-0.2, 0) is 9.59 Å². The van der Waals surface area contributed by atoms with Crippen molar-refractivity contribution in [1.82, 2.24) is 4.90 Å². The molecule has 8 heteroatoms. The van der Waals surface area contributed by atoms with E-state index in [9.17, 15) is 0 Å². The van der Waals surface area contributed by atoms with Crippen LogP contribution >= 0.6 is 22.9 Å². The summed E-state index contributed by atoms with van der Waals surface area (Å²) in [6.07, 6.45) is 1.01. The van der Waals surface area contributed by atoms with Gasteiger partial charge in [0, 0.05) is 33.6 Å². The summed E-state index contributed by atoms with van der Waals surface area (Å²) in [5, 5.41) is 19.7. The number of rotatable bonds is 6. The number of fused-ring (bicyclic) bond motifs is 1. The number of ether oxygens (including phenoxy) is 1. The van der Waals surface area contributed by atoms with Crippen LogP contribution in [0.25, 0.3) is 10.8 Å². The molecule has 0 aliphatic rings. The SMILES string of the molecule is CN(C)CCC(Oc1ccc(Cl)c2ccccc12)c1cccs1.O=C(O)C(=O)O. The van der Waals surface area contributed by atoms with E-state index in [-0.39, 0.29) is 6.10 Å². The van der Waals surface area contributed by atoms with Gasteiger partial charge in [-0.15, -0.1) is 11.3 Å². The van der Waals surface area contributed by atoms with Gasteiger partial charge in [-0.2, -0.15) is 0 Å². The topological polar surface area (TPSA) is 87.1 Å². The lowest BCUT2D eigenvalue weighted by atomic mass is 10.1. The van der Waals surface area contributed by atoms with Crippen LogP contribution in [0.2, 0.25) is 5.02 Å². The lowest BCUT2D eigenvalue weighted by molar-refractivity contribution is -0.159. The highest BCUT2D eigenvalue weighted by Crippen LogP contribution is 2.35. The number of halogens is 1. The van der Waals surface area contributed by atoms with E-state index in [1.165, 1.54) is 4.88 Å². The van der Waals surface area contributed by atoms with E-state index in [1.807, 2.05) is 30.3 Å². The van der Waals surface area contributed by atoms with Crippen molar-refractivity contribution in [1.29, 1.82) is 0 Å². The molecule has 0 radical (unpaired) electrons. The molecule has 2 aromatic carbocycles. The summed E-state index contributed by atoms with van der Waals surface area (Å²) in [6.45, 7) is 0.980.